The summed E-state index contributed by atoms with van der Waals surface area (Å²) in [4.78, 5) is 6.61. The molecule has 0 atom stereocenters. The van der Waals surface area contributed by atoms with Crippen LogP contribution in [0.3, 0.4) is 0 Å². The molecule has 1 aromatic rings. The van der Waals surface area contributed by atoms with Gasteiger partial charge in [0.15, 0.2) is 0 Å². The van der Waals surface area contributed by atoms with E-state index in [2.05, 4.69) is 42.2 Å². The van der Waals surface area contributed by atoms with E-state index in [1.54, 1.807) is 0 Å². The van der Waals surface area contributed by atoms with Crippen LogP contribution in [0.2, 0.25) is 0 Å². The third-order valence-electron chi connectivity index (χ3n) is 3.80. The number of aromatic nitrogens is 1. The molecule has 1 aliphatic rings. The maximum absolute atomic E-state index is 4.15. The van der Waals surface area contributed by atoms with Gasteiger partial charge >= 0.3 is 0 Å². The second-order valence-corrected chi connectivity index (χ2v) is 4.96. The lowest BCUT2D eigenvalue weighted by molar-refractivity contribution is 0.305. The smallest absolute Gasteiger partial charge is 0.0426 e. The molecular weight excluding hydrogens is 198 g/mol. The summed E-state index contributed by atoms with van der Waals surface area (Å²) < 4.78 is 0. The zero-order chi connectivity index (χ0) is 11.6. The Morgan fingerprint density at radius 3 is 2.62 bits per heavy atom. The van der Waals surface area contributed by atoms with Crippen LogP contribution in [-0.4, -0.2) is 30.7 Å². The molecule has 1 N–H and O–H groups in total. The summed E-state index contributed by atoms with van der Waals surface area (Å²) in [6.45, 7) is 6.70. The predicted molar refractivity (Wildman–Crippen MR) is 67.9 cm³/mol. The average molecular weight is 219 g/mol. The van der Waals surface area contributed by atoms with Crippen molar-refractivity contribution in [3.05, 3.63) is 24.0 Å². The summed E-state index contributed by atoms with van der Waals surface area (Å²) in [7, 11) is 2.06. The van der Waals surface area contributed by atoms with Gasteiger partial charge in [-0.3, -0.25) is 4.98 Å². The zero-order valence-electron chi connectivity index (χ0n) is 10.5. The van der Waals surface area contributed by atoms with Gasteiger partial charge in [0.25, 0.3) is 0 Å². The number of anilines is 1. The Morgan fingerprint density at radius 2 is 2.06 bits per heavy atom. The van der Waals surface area contributed by atoms with Crippen molar-refractivity contribution >= 4 is 5.69 Å². The molecule has 1 aliphatic heterocycles. The first-order chi connectivity index (χ1) is 7.64. The van der Waals surface area contributed by atoms with E-state index in [0.29, 0.717) is 5.54 Å². The number of hydrogen-bond donors (Lipinski definition) is 1. The Bertz CT molecular complexity index is 354. The molecule has 0 unspecified atom stereocenters. The molecule has 0 saturated carbocycles. The third kappa shape index (κ3) is 2.19. The Morgan fingerprint density at radius 1 is 1.38 bits per heavy atom. The van der Waals surface area contributed by atoms with Crippen molar-refractivity contribution in [3.63, 3.8) is 0 Å². The van der Waals surface area contributed by atoms with Gasteiger partial charge in [-0.05, 0) is 45.4 Å². The second kappa shape index (κ2) is 4.42. The molecule has 3 heteroatoms. The lowest BCUT2D eigenvalue weighted by Gasteiger charge is -2.40. The van der Waals surface area contributed by atoms with Crippen molar-refractivity contribution in [2.45, 2.75) is 32.2 Å². The first-order valence-corrected chi connectivity index (χ1v) is 5.99. The molecule has 2 heterocycles. The molecule has 16 heavy (non-hydrogen) atoms. The zero-order valence-corrected chi connectivity index (χ0v) is 10.5. The molecule has 1 saturated heterocycles. The molecular formula is C13H21N3. The van der Waals surface area contributed by atoms with Gasteiger partial charge in [0.1, 0.15) is 0 Å². The van der Waals surface area contributed by atoms with Crippen LogP contribution in [-0.2, 0) is 0 Å². The molecule has 0 radical (unpaired) electrons. The number of hydrogen-bond acceptors (Lipinski definition) is 3. The average Bonchev–Trinajstić information content (AvgIpc) is 2.31. The Labute approximate surface area is 97.9 Å². The van der Waals surface area contributed by atoms with Gasteiger partial charge in [-0.15, -0.1) is 0 Å². The summed E-state index contributed by atoms with van der Waals surface area (Å²) in [5, 5.41) is 3.43. The van der Waals surface area contributed by atoms with Crippen LogP contribution >= 0.6 is 0 Å². The van der Waals surface area contributed by atoms with Crippen molar-refractivity contribution in [1.82, 2.24) is 10.3 Å². The number of nitrogens with one attached hydrogen (secondary N) is 1. The van der Waals surface area contributed by atoms with E-state index in [0.717, 1.165) is 13.1 Å². The number of aryl methyl sites for hydroxylation is 1. The number of piperidine rings is 1. The normalized spacial score (nSPS) is 19.8. The fourth-order valence-electron chi connectivity index (χ4n) is 2.31. The Balaban J connectivity index is 2.07. The van der Waals surface area contributed by atoms with E-state index in [-0.39, 0.29) is 0 Å². The van der Waals surface area contributed by atoms with Crippen molar-refractivity contribution in [1.29, 1.82) is 0 Å². The van der Waals surface area contributed by atoms with Crippen LogP contribution in [0.15, 0.2) is 18.5 Å². The maximum atomic E-state index is 4.15. The van der Waals surface area contributed by atoms with Gasteiger partial charge in [-0.2, -0.15) is 0 Å². The van der Waals surface area contributed by atoms with E-state index >= 15 is 0 Å². The summed E-state index contributed by atoms with van der Waals surface area (Å²) >= 11 is 0. The van der Waals surface area contributed by atoms with Crippen molar-refractivity contribution in [2.75, 3.05) is 25.0 Å². The minimum Gasteiger partial charge on any atom is -0.371 e. The molecule has 1 aromatic heterocycles. The van der Waals surface area contributed by atoms with Crippen LogP contribution < -0.4 is 10.2 Å². The maximum Gasteiger partial charge on any atom is 0.0426 e. The highest BCUT2D eigenvalue weighted by Gasteiger charge is 2.28. The highest BCUT2D eigenvalue weighted by molar-refractivity contribution is 5.51. The van der Waals surface area contributed by atoms with Crippen LogP contribution in [0.25, 0.3) is 0 Å². The second-order valence-electron chi connectivity index (χ2n) is 4.96. The van der Waals surface area contributed by atoms with Gasteiger partial charge in [0.05, 0.1) is 0 Å². The van der Waals surface area contributed by atoms with Crippen molar-refractivity contribution in [3.8, 4) is 0 Å². The van der Waals surface area contributed by atoms with E-state index in [9.17, 15) is 0 Å². The molecule has 0 amide bonds. The van der Waals surface area contributed by atoms with E-state index in [1.807, 2.05) is 12.4 Å². The molecule has 0 spiro atoms. The molecule has 0 bridgehead atoms. The molecule has 2 rings (SSSR count). The van der Waals surface area contributed by atoms with E-state index in [4.69, 9.17) is 0 Å². The van der Waals surface area contributed by atoms with Gasteiger partial charge < -0.3 is 10.2 Å². The fourth-order valence-corrected chi connectivity index (χ4v) is 2.31. The summed E-state index contributed by atoms with van der Waals surface area (Å²) in [6, 6.07) is 2.12. The quantitative estimate of drug-likeness (QED) is 0.824. The van der Waals surface area contributed by atoms with E-state index in [1.165, 1.54) is 24.1 Å². The van der Waals surface area contributed by atoms with Gasteiger partial charge in [0.2, 0.25) is 0 Å². The highest BCUT2D eigenvalue weighted by Crippen LogP contribution is 2.27. The molecule has 88 valence electrons. The van der Waals surface area contributed by atoms with Crippen molar-refractivity contribution in [2.24, 2.45) is 0 Å². The molecule has 0 aliphatic carbocycles. The minimum absolute atomic E-state index is 0.317. The summed E-state index contributed by atoms with van der Waals surface area (Å²) in [5.74, 6) is 0. The number of pyridine rings is 1. The van der Waals surface area contributed by atoms with Crippen LogP contribution in [0.1, 0.15) is 25.3 Å². The lowest BCUT2D eigenvalue weighted by atomic mass is 9.89. The Kier molecular flexibility index (Phi) is 3.15. The van der Waals surface area contributed by atoms with Gasteiger partial charge in [0, 0.05) is 36.7 Å². The van der Waals surface area contributed by atoms with Gasteiger partial charge in [-0.25, -0.2) is 0 Å². The summed E-state index contributed by atoms with van der Waals surface area (Å²) in [5.41, 5.74) is 2.93. The molecule has 0 aromatic carbocycles. The minimum atomic E-state index is 0.317. The highest BCUT2D eigenvalue weighted by atomic mass is 15.2. The Hall–Kier alpha value is -1.09. The SMILES string of the molecule is CNC1(C)CCN(c2ccncc2C)CC1. The lowest BCUT2D eigenvalue weighted by Crippen LogP contribution is -2.50. The van der Waals surface area contributed by atoms with E-state index < -0.39 is 0 Å². The van der Waals surface area contributed by atoms with Crippen LogP contribution in [0.5, 0.6) is 0 Å². The largest absolute Gasteiger partial charge is 0.371 e. The monoisotopic (exact) mass is 219 g/mol. The molecule has 3 nitrogen and oxygen atoms in total. The number of rotatable bonds is 2. The van der Waals surface area contributed by atoms with Crippen LogP contribution in [0, 0.1) is 6.92 Å². The first-order valence-electron chi connectivity index (χ1n) is 5.99. The standard InChI is InChI=1S/C13H21N3/c1-11-10-15-7-4-12(11)16-8-5-13(2,14-3)6-9-16/h4,7,10,14H,5-6,8-9H2,1-3H3. The van der Waals surface area contributed by atoms with Crippen molar-refractivity contribution < 1.29 is 0 Å². The third-order valence-corrected chi connectivity index (χ3v) is 3.80. The summed E-state index contributed by atoms with van der Waals surface area (Å²) in [6.07, 6.45) is 6.23. The number of nitrogens with zero attached hydrogens (tertiary/aromatic N) is 2. The van der Waals surface area contributed by atoms with Gasteiger partial charge in [-0.1, -0.05) is 0 Å². The molecule has 1 fully saturated rings. The van der Waals surface area contributed by atoms with Crippen LogP contribution in [0.4, 0.5) is 5.69 Å². The first kappa shape index (κ1) is 11.4. The fraction of sp³-hybridized carbons (Fsp3) is 0.615. The predicted octanol–water partition coefficient (Wildman–Crippen LogP) is 1.97. The topological polar surface area (TPSA) is 28.2 Å².